The van der Waals surface area contributed by atoms with Gasteiger partial charge in [-0.25, -0.2) is 9.97 Å². The second-order valence-corrected chi connectivity index (χ2v) is 4.25. The van der Waals surface area contributed by atoms with Crippen LogP contribution in [0.4, 0.5) is 5.69 Å². The number of halogens is 1. The lowest BCUT2D eigenvalue weighted by atomic mass is 10.4. The molecular formula is C12H15ClN4O2. The number of hydrogen-bond acceptors (Lipinski definition) is 5. The molecule has 7 heteroatoms. The molecule has 2 heterocycles. The van der Waals surface area contributed by atoms with Crippen LogP contribution < -0.4 is 10.1 Å². The van der Waals surface area contributed by atoms with Crippen molar-refractivity contribution in [3.8, 4) is 5.88 Å². The van der Waals surface area contributed by atoms with Crippen LogP contribution in [0.1, 0.15) is 5.82 Å². The molecular weight excluding hydrogens is 268 g/mol. The molecule has 0 amide bonds. The van der Waals surface area contributed by atoms with E-state index in [1.165, 1.54) is 0 Å². The Balaban J connectivity index is 1.91. The number of rotatable bonds is 6. The van der Waals surface area contributed by atoms with Gasteiger partial charge in [-0.05, 0) is 6.07 Å². The number of hydrogen-bond donors (Lipinski definition) is 2. The highest BCUT2D eigenvalue weighted by Gasteiger charge is 2.04. The van der Waals surface area contributed by atoms with E-state index in [9.17, 15) is 0 Å². The number of nitrogens with zero attached hydrogens (tertiary/aromatic N) is 3. The zero-order chi connectivity index (χ0) is 13.7. The van der Waals surface area contributed by atoms with E-state index < -0.39 is 0 Å². The second kappa shape index (κ2) is 6.40. The Hall–Kier alpha value is -1.79. The summed E-state index contributed by atoms with van der Waals surface area (Å²) in [6.07, 6.45) is 3.28. The monoisotopic (exact) mass is 282 g/mol. The summed E-state index contributed by atoms with van der Waals surface area (Å²) < 4.78 is 6.98. The van der Waals surface area contributed by atoms with Gasteiger partial charge in [0.2, 0.25) is 5.88 Å². The van der Waals surface area contributed by atoms with Crippen LogP contribution in [0.2, 0.25) is 5.15 Å². The largest absolute Gasteiger partial charge is 0.475 e. The SMILES string of the molecule is Cn1c(Cl)cnc1CNc1ccc(OCCO)nc1. The van der Waals surface area contributed by atoms with Gasteiger partial charge in [0.15, 0.2) is 0 Å². The zero-order valence-corrected chi connectivity index (χ0v) is 11.3. The molecule has 0 radical (unpaired) electrons. The molecule has 0 unspecified atom stereocenters. The number of aliphatic hydroxyl groups is 1. The smallest absolute Gasteiger partial charge is 0.213 e. The molecule has 0 fully saturated rings. The van der Waals surface area contributed by atoms with Gasteiger partial charge in [-0.15, -0.1) is 0 Å². The molecule has 6 nitrogen and oxygen atoms in total. The minimum atomic E-state index is -0.0262. The number of aliphatic hydroxyl groups excluding tert-OH is 1. The molecule has 0 aliphatic heterocycles. The molecule has 0 atom stereocenters. The molecule has 0 saturated heterocycles. The molecule has 2 aromatic rings. The third-order valence-electron chi connectivity index (χ3n) is 2.56. The summed E-state index contributed by atoms with van der Waals surface area (Å²) in [5.74, 6) is 1.32. The second-order valence-electron chi connectivity index (χ2n) is 3.87. The standard InChI is InChI=1S/C12H15ClN4O2/c1-17-10(13)7-15-11(17)8-14-9-2-3-12(16-6-9)19-5-4-18/h2-3,6-7,14,18H,4-5,8H2,1H3. The van der Waals surface area contributed by atoms with Crippen molar-refractivity contribution >= 4 is 17.3 Å². The van der Waals surface area contributed by atoms with Gasteiger partial charge in [0.05, 0.1) is 31.2 Å². The van der Waals surface area contributed by atoms with Crippen molar-refractivity contribution in [1.82, 2.24) is 14.5 Å². The fraction of sp³-hybridized carbons (Fsp3) is 0.333. The molecule has 2 aromatic heterocycles. The summed E-state index contributed by atoms with van der Waals surface area (Å²) >= 11 is 5.90. The van der Waals surface area contributed by atoms with Crippen LogP contribution in [0, 0.1) is 0 Å². The molecule has 19 heavy (non-hydrogen) atoms. The Labute approximate surface area is 116 Å². The average molecular weight is 283 g/mol. The number of ether oxygens (including phenoxy) is 1. The highest BCUT2D eigenvalue weighted by atomic mass is 35.5. The Morgan fingerprint density at radius 3 is 2.79 bits per heavy atom. The van der Waals surface area contributed by atoms with E-state index in [1.807, 2.05) is 13.1 Å². The molecule has 2 N–H and O–H groups in total. The van der Waals surface area contributed by atoms with Gasteiger partial charge in [0.1, 0.15) is 17.6 Å². The van der Waals surface area contributed by atoms with Crippen molar-refractivity contribution in [3.05, 3.63) is 35.5 Å². The molecule has 0 aliphatic rings. The first kappa shape index (κ1) is 13.6. The van der Waals surface area contributed by atoms with E-state index in [4.69, 9.17) is 21.4 Å². The Morgan fingerprint density at radius 2 is 2.21 bits per heavy atom. The molecule has 0 spiro atoms. The Morgan fingerprint density at radius 1 is 1.37 bits per heavy atom. The molecule has 2 rings (SSSR count). The van der Waals surface area contributed by atoms with Crippen LogP contribution in [-0.4, -0.2) is 32.9 Å². The first-order chi connectivity index (χ1) is 9.20. The summed E-state index contributed by atoms with van der Waals surface area (Å²) in [5, 5.41) is 12.4. The summed E-state index contributed by atoms with van der Waals surface area (Å²) in [7, 11) is 1.86. The van der Waals surface area contributed by atoms with Crippen LogP contribution in [0.5, 0.6) is 5.88 Å². The first-order valence-electron chi connectivity index (χ1n) is 5.80. The van der Waals surface area contributed by atoms with E-state index in [-0.39, 0.29) is 13.2 Å². The van der Waals surface area contributed by atoms with Crippen molar-refractivity contribution in [1.29, 1.82) is 0 Å². The van der Waals surface area contributed by atoms with E-state index in [0.717, 1.165) is 11.5 Å². The van der Waals surface area contributed by atoms with E-state index >= 15 is 0 Å². The van der Waals surface area contributed by atoms with Gasteiger partial charge in [0, 0.05) is 13.1 Å². The Kier molecular flexibility index (Phi) is 4.59. The van der Waals surface area contributed by atoms with Crippen molar-refractivity contribution in [2.45, 2.75) is 6.54 Å². The number of nitrogens with one attached hydrogen (secondary N) is 1. The third-order valence-corrected chi connectivity index (χ3v) is 2.91. The van der Waals surface area contributed by atoms with E-state index in [0.29, 0.717) is 17.6 Å². The van der Waals surface area contributed by atoms with Gasteiger partial charge >= 0.3 is 0 Å². The van der Waals surface area contributed by atoms with Crippen LogP contribution in [0.25, 0.3) is 0 Å². The predicted molar refractivity (Wildman–Crippen MR) is 72.4 cm³/mol. The summed E-state index contributed by atoms with van der Waals surface area (Å²) in [6, 6.07) is 3.59. The van der Waals surface area contributed by atoms with Crippen molar-refractivity contribution < 1.29 is 9.84 Å². The van der Waals surface area contributed by atoms with Crippen molar-refractivity contribution in [2.24, 2.45) is 7.05 Å². The minimum absolute atomic E-state index is 0.0262. The highest BCUT2D eigenvalue weighted by Crippen LogP contribution is 2.14. The number of pyridine rings is 1. The lowest BCUT2D eigenvalue weighted by Gasteiger charge is -2.07. The molecule has 0 aliphatic carbocycles. The zero-order valence-electron chi connectivity index (χ0n) is 10.5. The van der Waals surface area contributed by atoms with Crippen LogP contribution >= 0.6 is 11.6 Å². The molecule has 0 saturated carbocycles. The maximum atomic E-state index is 8.64. The van der Waals surface area contributed by atoms with Crippen LogP contribution in [0.3, 0.4) is 0 Å². The van der Waals surface area contributed by atoms with Gasteiger partial charge in [0.25, 0.3) is 0 Å². The number of imidazole rings is 1. The molecule has 102 valence electrons. The normalized spacial score (nSPS) is 10.5. The average Bonchev–Trinajstić information content (AvgIpc) is 2.75. The van der Waals surface area contributed by atoms with Crippen molar-refractivity contribution in [2.75, 3.05) is 18.5 Å². The van der Waals surface area contributed by atoms with Crippen molar-refractivity contribution in [3.63, 3.8) is 0 Å². The van der Waals surface area contributed by atoms with Gasteiger partial charge in [-0.2, -0.15) is 0 Å². The van der Waals surface area contributed by atoms with E-state index in [1.54, 1.807) is 23.0 Å². The van der Waals surface area contributed by atoms with Crippen LogP contribution in [-0.2, 0) is 13.6 Å². The lowest BCUT2D eigenvalue weighted by molar-refractivity contribution is 0.196. The number of anilines is 1. The topological polar surface area (TPSA) is 72.2 Å². The van der Waals surface area contributed by atoms with Crippen LogP contribution in [0.15, 0.2) is 24.5 Å². The summed E-state index contributed by atoms with van der Waals surface area (Å²) in [5.41, 5.74) is 0.857. The predicted octanol–water partition coefficient (Wildman–Crippen LogP) is 1.45. The highest BCUT2D eigenvalue weighted by molar-refractivity contribution is 6.29. The Bertz CT molecular complexity index is 527. The third kappa shape index (κ3) is 3.59. The number of aromatic nitrogens is 3. The fourth-order valence-corrected chi connectivity index (χ4v) is 1.64. The maximum Gasteiger partial charge on any atom is 0.213 e. The van der Waals surface area contributed by atoms with Gasteiger partial charge in [-0.3, -0.25) is 0 Å². The fourth-order valence-electron chi connectivity index (χ4n) is 1.49. The molecule has 0 aromatic carbocycles. The first-order valence-corrected chi connectivity index (χ1v) is 6.18. The lowest BCUT2D eigenvalue weighted by Crippen LogP contribution is -2.07. The minimum Gasteiger partial charge on any atom is -0.475 e. The summed E-state index contributed by atoms with van der Waals surface area (Å²) in [4.78, 5) is 8.29. The summed E-state index contributed by atoms with van der Waals surface area (Å²) in [6.45, 7) is 0.773. The van der Waals surface area contributed by atoms with Gasteiger partial charge in [-0.1, -0.05) is 11.6 Å². The molecule has 0 bridgehead atoms. The van der Waals surface area contributed by atoms with Gasteiger partial charge < -0.3 is 19.7 Å². The maximum absolute atomic E-state index is 8.64. The van der Waals surface area contributed by atoms with E-state index in [2.05, 4.69) is 15.3 Å². The quantitative estimate of drug-likeness (QED) is 0.839.